The lowest BCUT2D eigenvalue weighted by molar-refractivity contribution is -0.142. The van der Waals surface area contributed by atoms with Gasteiger partial charge in [0.05, 0.1) is 33.0 Å². The number of hydrogen-bond donors (Lipinski definition) is 17. The summed E-state index contributed by atoms with van der Waals surface area (Å²) in [5.74, 6) is -11.8. The maximum absolute atomic E-state index is 15.6. The molecule has 119 heavy (non-hydrogen) atoms. The van der Waals surface area contributed by atoms with Gasteiger partial charge in [-0.15, -0.1) is 0 Å². The van der Waals surface area contributed by atoms with Crippen molar-refractivity contribution in [3.8, 4) is 0 Å². The summed E-state index contributed by atoms with van der Waals surface area (Å²) in [6.07, 6.45) is -1.36. The van der Waals surface area contributed by atoms with Crippen LogP contribution in [0.15, 0.2) is 146 Å². The number of nitrogens with one attached hydrogen (secondary N) is 11. The van der Waals surface area contributed by atoms with E-state index in [1.165, 1.54) is 11.8 Å². The van der Waals surface area contributed by atoms with Crippen molar-refractivity contribution in [2.75, 3.05) is 72.3 Å². The number of morpholine rings is 1. The first-order valence-electron chi connectivity index (χ1n) is 39.9. The van der Waals surface area contributed by atoms with E-state index in [0.29, 0.717) is 78.7 Å². The number of nitrogens with zero attached hydrogens (tertiary/aromatic N) is 3. The molecule has 0 spiro atoms. The lowest BCUT2D eigenvalue weighted by atomic mass is 9.97. The normalized spacial score (nSPS) is 15.7. The number of rotatable bonds is 46. The zero-order chi connectivity index (χ0) is 86.1. The minimum absolute atomic E-state index is 0.0192. The minimum Gasteiger partial charge on any atom is -0.481 e. The molecule has 8 rings (SSSR count). The van der Waals surface area contributed by atoms with Gasteiger partial charge in [0.1, 0.15) is 66.8 Å². The van der Waals surface area contributed by atoms with E-state index in [2.05, 4.69) is 58.1 Å². The average Bonchev–Trinajstić information content (AvgIpc) is 1.81. The second kappa shape index (κ2) is 47.2. The molecule has 0 aromatic heterocycles. The summed E-state index contributed by atoms with van der Waals surface area (Å²) in [5, 5.41) is 77.0. The van der Waals surface area contributed by atoms with Crippen LogP contribution in [-0.2, 0) is 107 Å². The zero-order valence-electron chi connectivity index (χ0n) is 67.1. The van der Waals surface area contributed by atoms with Gasteiger partial charge in [0, 0.05) is 89.5 Å². The van der Waals surface area contributed by atoms with E-state index in [-0.39, 0.29) is 109 Å². The zero-order valence-corrected chi connectivity index (χ0v) is 67.9. The molecule has 0 bridgehead atoms. The molecule has 6 aromatic carbocycles. The smallest absolute Gasteiger partial charge is 0.312 e. The van der Waals surface area contributed by atoms with E-state index in [1.54, 1.807) is 123 Å². The number of amides is 11. The van der Waals surface area contributed by atoms with Gasteiger partial charge in [0.25, 0.3) is 0 Å². The standard InChI is InChI=1S/C85H111ClN16O17/c1-52(2)42-65(76(110)93-64(18-10-32-90-85(88)89)84(118)102-33-11-19-72(102)83(117)91-53(3)75(87)109)94-77(111)67(44-55-20-24-58(25-21-55)49-100(34-38-103)35-39-104)96-79(113)69(45-56-22-26-59(27-23-56)50-101-36-40-119-41-37-101)98-82(116)71(51-105)99-80(114)66(43-54-12-5-4-6-13-54)95-78(112)68(46-57-28-30-62(86)31-29-57)97-81(115)70(92-73(106)48-74(107)108)47-61-16-9-15-60-14-7-8-17-63(60)61/h4-9,12-17,20-31,52-53,64-72,103-105H,10-11,18-19,32-51H2,1-3H3,(H2,87,109)(H,91,117)(H,92,106)(H,93,110)(H,94,111)(H,95,112)(H,96,113)(H,97,115)(H,98,116)(H,99,114)(H,107,108)(H4,88,89,90)/t53-,64+,65+,66-,67-,68-,69+,70-,71+,72+/m1/s1. The van der Waals surface area contributed by atoms with E-state index >= 15 is 24.0 Å². The van der Waals surface area contributed by atoms with Crippen molar-refractivity contribution in [2.24, 2.45) is 17.4 Å². The molecule has 0 saturated carbocycles. The Morgan fingerprint density at radius 3 is 1.51 bits per heavy atom. The Hall–Kier alpha value is -11.5. The van der Waals surface area contributed by atoms with Gasteiger partial charge in [-0.1, -0.05) is 159 Å². The number of carboxylic acids is 1. The Morgan fingerprint density at radius 2 is 0.992 bits per heavy atom. The highest BCUT2D eigenvalue weighted by Gasteiger charge is 2.41. The number of guanidine groups is 1. The van der Waals surface area contributed by atoms with Crippen LogP contribution in [0.25, 0.3) is 10.8 Å². The van der Waals surface area contributed by atoms with Gasteiger partial charge < -0.3 is 94.7 Å². The number of fused-ring (bicyclic) bond motifs is 1. The number of likely N-dealkylation sites (tertiary alicyclic amines) is 1. The monoisotopic (exact) mass is 1660 g/mol. The highest BCUT2D eigenvalue weighted by molar-refractivity contribution is 6.30. The molecule has 0 aliphatic carbocycles. The molecule has 2 heterocycles. The van der Waals surface area contributed by atoms with Gasteiger partial charge in [-0.3, -0.25) is 72.7 Å². The molecular formula is C85H111ClN16O17. The van der Waals surface area contributed by atoms with Crippen LogP contribution in [0.5, 0.6) is 0 Å². The quantitative estimate of drug-likeness (QED) is 0.0105. The molecule has 2 aliphatic rings. The Kier molecular flexibility index (Phi) is 36.9. The van der Waals surface area contributed by atoms with Crippen LogP contribution in [0, 0.1) is 11.3 Å². The van der Waals surface area contributed by atoms with Crippen LogP contribution in [0.4, 0.5) is 0 Å². The summed E-state index contributed by atoms with van der Waals surface area (Å²) < 4.78 is 5.56. The summed E-state index contributed by atoms with van der Waals surface area (Å²) in [4.78, 5) is 177. The largest absolute Gasteiger partial charge is 0.481 e. The van der Waals surface area contributed by atoms with Crippen LogP contribution in [0.2, 0.25) is 5.02 Å². The molecular weight excluding hydrogens is 1550 g/mol. The fourth-order valence-corrected chi connectivity index (χ4v) is 14.3. The number of aliphatic hydroxyl groups excluding tert-OH is 3. The predicted octanol–water partition coefficient (Wildman–Crippen LogP) is 0.261. The number of carboxylic acid groups (broad SMARTS) is 1. The van der Waals surface area contributed by atoms with Gasteiger partial charge >= 0.3 is 5.97 Å². The second-order valence-electron chi connectivity index (χ2n) is 30.3. The van der Waals surface area contributed by atoms with Crippen LogP contribution < -0.4 is 64.6 Å². The van der Waals surface area contributed by atoms with Crippen LogP contribution in [-0.4, -0.2) is 245 Å². The molecule has 0 radical (unpaired) electrons. The molecule has 0 unspecified atom stereocenters. The number of halogens is 1. The summed E-state index contributed by atoms with van der Waals surface area (Å²) in [6.45, 7) is 7.65. The number of benzene rings is 6. The Morgan fingerprint density at radius 1 is 0.529 bits per heavy atom. The van der Waals surface area contributed by atoms with E-state index in [9.17, 15) is 54.0 Å². The number of nitrogens with two attached hydrogens (primary N) is 2. The highest BCUT2D eigenvalue weighted by atomic mass is 35.5. The Balaban J connectivity index is 1.11. The van der Waals surface area contributed by atoms with Crippen molar-refractivity contribution in [3.05, 3.63) is 190 Å². The number of aliphatic hydroxyl groups is 3. The molecule has 10 atom stereocenters. The third kappa shape index (κ3) is 30.1. The SMILES string of the molecule is CC(C)C[C@H](NC(=O)[C@@H](Cc1ccc(CN(CCO)CCO)cc1)NC(=O)[C@H](Cc1ccc(CN2CCOCC2)cc1)NC(=O)[C@H](CO)NC(=O)[C@@H](Cc1ccccc1)NC(=O)[C@@H](Cc1ccc(Cl)cc1)NC(=O)[C@@H](Cc1cccc2ccccc12)NC(=O)CC(=O)O)C(=O)N[C@@H](CCCNC(=N)N)C(=O)N1CCC[C@H]1C(=O)N[C@H](C)C(N)=O. The van der Waals surface area contributed by atoms with Gasteiger partial charge in [-0.05, 0) is 107 Å². The van der Waals surface area contributed by atoms with Crippen molar-refractivity contribution >= 4 is 99.3 Å². The van der Waals surface area contributed by atoms with Crippen molar-refractivity contribution < 1.29 is 82.7 Å². The summed E-state index contributed by atoms with van der Waals surface area (Å²) in [7, 11) is 0. The topological polar surface area (TPSA) is 501 Å². The van der Waals surface area contributed by atoms with E-state index in [1.807, 2.05) is 41.3 Å². The lowest BCUT2D eigenvalue weighted by Gasteiger charge is -2.31. The fourth-order valence-electron chi connectivity index (χ4n) is 14.2. The number of carbonyl (C=O) groups excluding carboxylic acids is 11. The molecule has 6 aromatic rings. The molecule has 2 fully saturated rings. The summed E-state index contributed by atoms with van der Waals surface area (Å²) >= 11 is 6.29. The first kappa shape index (κ1) is 93.0. The number of ether oxygens (including phenoxy) is 1. The van der Waals surface area contributed by atoms with Crippen LogP contribution >= 0.6 is 11.6 Å². The minimum atomic E-state index is -1.86. The summed E-state index contributed by atoms with van der Waals surface area (Å²) in [6, 6.07) is 27.2. The van der Waals surface area contributed by atoms with Crippen molar-refractivity contribution in [1.29, 1.82) is 5.41 Å². The first-order valence-corrected chi connectivity index (χ1v) is 40.3. The van der Waals surface area contributed by atoms with Gasteiger partial charge in [-0.25, -0.2) is 0 Å². The number of aliphatic carboxylic acids is 1. The first-order chi connectivity index (χ1) is 57.1. The lowest BCUT2D eigenvalue weighted by Crippen LogP contribution is -2.62. The Bertz CT molecular complexity index is 4420. The van der Waals surface area contributed by atoms with Crippen LogP contribution in [0.3, 0.4) is 0 Å². The van der Waals surface area contributed by atoms with E-state index in [0.717, 1.165) is 21.9 Å². The molecule has 2 saturated heterocycles. The predicted molar refractivity (Wildman–Crippen MR) is 444 cm³/mol. The van der Waals surface area contributed by atoms with E-state index < -0.39 is 144 Å². The van der Waals surface area contributed by atoms with Crippen LogP contribution in [0.1, 0.15) is 98.2 Å². The Labute approximate surface area is 696 Å². The average molecular weight is 1660 g/mol. The third-order valence-electron chi connectivity index (χ3n) is 20.5. The number of carbonyl (C=O) groups is 12. The van der Waals surface area contributed by atoms with Crippen molar-refractivity contribution in [3.63, 3.8) is 0 Å². The number of primary amides is 1. The van der Waals surface area contributed by atoms with Gasteiger partial charge in [0.2, 0.25) is 65.0 Å². The molecule has 33 nitrogen and oxygen atoms in total. The molecule has 19 N–H and O–H groups in total. The van der Waals surface area contributed by atoms with Gasteiger partial charge in [-0.2, -0.15) is 0 Å². The summed E-state index contributed by atoms with van der Waals surface area (Å²) in [5.41, 5.74) is 15.3. The van der Waals surface area contributed by atoms with E-state index in [4.69, 9.17) is 33.2 Å². The molecule has 2 aliphatic heterocycles. The van der Waals surface area contributed by atoms with Crippen molar-refractivity contribution in [1.82, 2.24) is 67.9 Å². The molecule has 640 valence electrons. The highest BCUT2D eigenvalue weighted by Crippen LogP contribution is 2.24. The maximum Gasteiger partial charge on any atom is 0.312 e. The van der Waals surface area contributed by atoms with Gasteiger partial charge in [0.15, 0.2) is 5.96 Å². The maximum atomic E-state index is 15.6. The number of hydrogen-bond acceptors (Lipinski definition) is 19. The molecule has 34 heteroatoms. The van der Waals surface area contributed by atoms with Crippen molar-refractivity contribution in [2.45, 2.75) is 165 Å². The fraction of sp³-hybridized carbons (Fsp3) is 0.447. The molecule has 11 amide bonds. The second-order valence-corrected chi connectivity index (χ2v) is 30.7. The third-order valence-corrected chi connectivity index (χ3v) is 20.7.